The standard InChI is InChI=1S/C29H31N3O2S/c1-19-10-11-20(2)27-26(19)16-24(28(33)31-27)18-32(17-22-12-14-25(34-4)15-13-22)29(35)30-21(3)23-8-6-5-7-9-23/h5-16,21H,17-18H2,1-4H3,(H,30,35)(H,31,33)/t21-/m0/s1. The van der Waals surface area contributed by atoms with E-state index in [0.29, 0.717) is 23.8 Å². The number of hydrogen-bond donors (Lipinski definition) is 2. The molecule has 1 aromatic heterocycles. The number of fused-ring (bicyclic) bond motifs is 1. The maximum Gasteiger partial charge on any atom is 0.253 e. The number of nitrogens with one attached hydrogen (secondary N) is 2. The van der Waals surface area contributed by atoms with E-state index in [2.05, 4.69) is 42.3 Å². The van der Waals surface area contributed by atoms with Crippen molar-refractivity contribution in [3.8, 4) is 5.75 Å². The molecule has 0 saturated carbocycles. The van der Waals surface area contributed by atoms with Crippen molar-refractivity contribution in [2.24, 2.45) is 0 Å². The Morgan fingerprint density at radius 1 is 1.00 bits per heavy atom. The molecule has 1 heterocycles. The van der Waals surface area contributed by atoms with Crippen LogP contribution in [0.5, 0.6) is 5.75 Å². The van der Waals surface area contributed by atoms with Crippen LogP contribution in [0.4, 0.5) is 0 Å². The maximum absolute atomic E-state index is 13.1. The molecular weight excluding hydrogens is 454 g/mol. The van der Waals surface area contributed by atoms with E-state index in [0.717, 1.165) is 38.9 Å². The number of methoxy groups -OCH3 is 1. The zero-order valence-corrected chi connectivity index (χ0v) is 21.4. The predicted octanol–water partition coefficient (Wildman–Crippen LogP) is 5.79. The summed E-state index contributed by atoms with van der Waals surface area (Å²) in [5.74, 6) is 0.801. The summed E-state index contributed by atoms with van der Waals surface area (Å²) in [6.45, 7) is 7.10. The smallest absolute Gasteiger partial charge is 0.253 e. The quantitative estimate of drug-likeness (QED) is 0.325. The van der Waals surface area contributed by atoms with Crippen molar-refractivity contribution in [2.75, 3.05) is 7.11 Å². The fourth-order valence-corrected chi connectivity index (χ4v) is 4.50. The zero-order valence-electron chi connectivity index (χ0n) is 20.6. The van der Waals surface area contributed by atoms with Gasteiger partial charge in [-0.15, -0.1) is 0 Å². The molecule has 0 saturated heterocycles. The van der Waals surface area contributed by atoms with Gasteiger partial charge < -0.3 is 19.9 Å². The number of rotatable bonds is 7. The molecule has 0 fully saturated rings. The van der Waals surface area contributed by atoms with Crippen LogP contribution in [0, 0.1) is 13.8 Å². The summed E-state index contributed by atoms with van der Waals surface area (Å²) in [6, 6.07) is 24.3. The Labute approximate surface area is 211 Å². The van der Waals surface area contributed by atoms with Crippen molar-refractivity contribution in [1.82, 2.24) is 15.2 Å². The van der Waals surface area contributed by atoms with Crippen LogP contribution in [0.3, 0.4) is 0 Å². The van der Waals surface area contributed by atoms with Crippen molar-refractivity contribution in [1.29, 1.82) is 0 Å². The molecule has 3 aromatic carbocycles. The van der Waals surface area contributed by atoms with Crippen molar-refractivity contribution in [2.45, 2.75) is 39.9 Å². The molecule has 2 N–H and O–H groups in total. The summed E-state index contributed by atoms with van der Waals surface area (Å²) in [5, 5.41) is 5.11. The van der Waals surface area contributed by atoms with E-state index < -0.39 is 0 Å². The average Bonchev–Trinajstić information content (AvgIpc) is 2.87. The Balaban J connectivity index is 1.65. The molecular formula is C29H31N3O2S. The van der Waals surface area contributed by atoms with Crippen molar-refractivity contribution in [3.05, 3.63) is 111 Å². The van der Waals surface area contributed by atoms with E-state index in [1.807, 2.05) is 66.4 Å². The van der Waals surface area contributed by atoms with Gasteiger partial charge in [0.2, 0.25) is 0 Å². The van der Waals surface area contributed by atoms with Gasteiger partial charge in [0.25, 0.3) is 5.56 Å². The second-order valence-corrected chi connectivity index (χ2v) is 9.28. The molecule has 0 radical (unpaired) electrons. The lowest BCUT2D eigenvalue weighted by Crippen LogP contribution is -2.41. The second-order valence-electron chi connectivity index (χ2n) is 8.90. The van der Waals surface area contributed by atoms with Gasteiger partial charge in [-0.2, -0.15) is 0 Å². The lowest BCUT2D eigenvalue weighted by atomic mass is 10.0. The van der Waals surface area contributed by atoms with E-state index in [-0.39, 0.29) is 11.6 Å². The first kappa shape index (κ1) is 24.5. The average molecular weight is 486 g/mol. The normalized spacial score (nSPS) is 11.8. The minimum Gasteiger partial charge on any atom is -0.497 e. The van der Waals surface area contributed by atoms with Crippen LogP contribution in [-0.4, -0.2) is 22.1 Å². The number of H-pyrrole nitrogens is 1. The third-order valence-corrected chi connectivity index (χ3v) is 6.72. The molecule has 35 heavy (non-hydrogen) atoms. The van der Waals surface area contributed by atoms with Crippen molar-refractivity contribution < 1.29 is 4.74 Å². The van der Waals surface area contributed by atoms with Crippen LogP contribution in [0.15, 0.2) is 77.6 Å². The third-order valence-electron chi connectivity index (χ3n) is 6.34. The van der Waals surface area contributed by atoms with Gasteiger partial charge >= 0.3 is 0 Å². The first-order valence-corrected chi connectivity index (χ1v) is 12.1. The van der Waals surface area contributed by atoms with Crippen molar-refractivity contribution in [3.63, 3.8) is 0 Å². The van der Waals surface area contributed by atoms with Gasteiger partial charge in [0.05, 0.1) is 25.2 Å². The Morgan fingerprint density at radius 2 is 1.69 bits per heavy atom. The van der Waals surface area contributed by atoms with Gasteiger partial charge in [-0.05, 0) is 73.4 Å². The summed E-state index contributed by atoms with van der Waals surface area (Å²) in [7, 11) is 1.65. The fraction of sp³-hybridized carbons (Fsp3) is 0.241. The molecule has 0 spiro atoms. The van der Waals surface area contributed by atoms with Crippen LogP contribution in [0.25, 0.3) is 10.9 Å². The van der Waals surface area contributed by atoms with Crippen LogP contribution >= 0.6 is 12.2 Å². The predicted molar refractivity (Wildman–Crippen MR) is 147 cm³/mol. The lowest BCUT2D eigenvalue weighted by molar-refractivity contribution is 0.390. The number of aryl methyl sites for hydroxylation is 2. The molecule has 4 rings (SSSR count). The number of hydrogen-bond acceptors (Lipinski definition) is 3. The number of thiocarbonyl (C=S) groups is 1. The second kappa shape index (κ2) is 10.7. The summed E-state index contributed by atoms with van der Waals surface area (Å²) in [4.78, 5) is 18.2. The number of benzene rings is 3. The number of aromatic amines is 1. The molecule has 0 amide bonds. The van der Waals surface area contributed by atoms with Gasteiger partial charge in [-0.3, -0.25) is 4.79 Å². The number of ether oxygens (including phenoxy) is 1. The minimum atomic E-state index is -0.0927. The molecule has 5 nitrogen and oxygen atoms in total. The van der Waals surface area contributed by atoms with Crippen LogP contribution in [0.1, 0.15) is 40.8 Å². The maximum atomic E-state index is 13.1. The van der Waals surface area contributed by atoms with Gasteiger partial charge in [-0.1, -0.05) is 54.6 Å². The van der Waals surface area contributed by atoms with Crippen LogP contribution in [0.2, 0.25) is 0 Å². The SMILES string of the molecule is COc1ccc(CN(Cc2cc3c(C)ccc(C)c3[nH]c2=O)C(=S)N[C@@H](C)c2ccccc2)cc1. The van der Waals surface area contributed by atoms with Crippen LogP contribution < -0.4 is 15.6 Å². The molecule has 4 aromatic rings. The lowest BCUT2D eigenvalue weighted by Gasteiger charge is -2.28. The molecule has 0 aliphatic heterocycles. The van der Waals surface area contributed by atoms with Gasteiger partial charge in [-0.25, -0.2) is 0 Å². The van der Waals surface area contributed by atoms with E-state index in [1.54, 1.807) is 7.11 Å². The van der Waals surface area contributed by atoms with Crippen LogP contribution in [-0.2, 0) is 13.1 Å². The Hall–Kier alpha value is -3.64. The summed E-state index contributed by atoms with van der Waals surface area (Å²) >= 11 is 5.86. The Bertz CT molecular complexity index is 1380. The minimum absolute atomic E-state index is 0.0295. The summed E-state index contributed by atoms with van der Waals surface area (Å²) < 4.78 is 5.30. The highest BCUT2D eigenvalue weighted by Gasteiger charge is 2.17. The molecule has 180 valence electrons. The third kappa shape index (κ3) is 5.72. The van der Waals surface area contributed by atoms with E-state index in [1.165, 1.54) is 0 Å². The topological polar surface area (TPSA) is 57.4 Å². The van der Waals surface area contributed by atoms with E-state index in [9.17, 15) is 4.79 Å². The molecule has 0 aliphatic carbocycles. The summed E-state index contributed by atoms with van der Waals surface area (Å²) in [5.41, 5.74) is 5.88. The number of nitrogens with zero attached hydrogens (tertiary/aromatic N) is 1. The highest BCUT2D eigenvalue weighted by molar-refractivity contribution is 7.80. The highest BCUT2D eigenvalue weighted by atomic mass is 32.1. The van der Waals surface area contributed by atoms with Gasteiger partial charge in [0.1, 0.15) is 5.75 Å². The zero-order chi connectivity index (χ0) is 24.9. The Kier molecular flexibility index (Phi) is 7.51. The molecule has 0 bridgehead atoms. The van der Waals surface area contributed by atoms with Gasteiger partial charge in [0.15, 0.2) is 5.11 Å². The summed E-state index contributed by atoms with van der Waals surface area (Å²) in [6.07, 6.45) is 0. The largest absolute Gasteiger partial charge is 0.497 e. The molecule has 1 atom stereocenters. The highest BCUT2D eigenvalue weighted by Crippen LogP contribution is 2.21. The molecule has 6 heteroatoms. The number of pyridine rings is 1. The monoisotopic (exact) mass is 485 g/mol. The van der Waals surface area contributed by atoms with Gasteiger partial charge in [0, 0.05) is 17.5 Å². The molecule has 0 unspecified atom stereocenters. The first-order chi connectivity index (χ1) is 16.9. The van der Waals surface area contributed by atoms with Crippen molar-refractivity contribution >= 4 is 28.2 Å². The van der Waals surface area contributed by atoms with E-state index >= 15 is 0 Å². The van der Waals surface area contributed by atoms with E-state index in [4.69, 9.17) is 17.0 Å². The first-order valence-electron chi connectivity index (χ1n) is 11.7. The molecule has 0 aliphatic rings. The Morgan fingerprint density at radius 3 is 2.37 bits per heavy atom. The fourth-order valence-electron chi connectivity index (χ4n) is 4.19. The number of aromatic nitrogens is 1.